The SMILES string of the molecule is COc1cccc(-c2cnn(C(C)C(=O)Nc3c(C)cc(C)cc3C)c(=O)n2)c1. The molecule has 3 rings (SSSR count). The number of rotatable bonds is 5. The van der Waals surface area contributed by atoms with E-state index in [9.17, 15) is 9.59 Å². The van der Waals surface area contributed by atoms with Crippen LogP contribution in [0.2, 0.25) is 0 Å². The predicted octanol–water partition coefficient (Wildman–Crippen LogP) is 3.44. The summed E-state index contributed by atoms with van der Waals surface area (Å²) in [4.78, 5) is 29.3. The largest absolute Gasteiger partial charge is 0.497 e. The zero-order valence-corrected chi connectivity index (χ0v) is 17.2. The number of hydrogen-bond donors (Lipinski definition) is 1. The molecule has 29 heavy (non-hydrogen) atoms. The van der Waals surface area contributed by atoms with Gasteiger partial charge in [0.1, 0.15) is 11.8 Å². The number of aromatic nitrogens is 3. The van der Waals surface area contributed by atoms with Gasteiger partial charge in [-0.3, -0.25) is 4.79 Å². The third-order valence-electron chi connectivity index (χ3n) is 4.75. The fraction of sp³-hybridized carbons (Fsp3) is 0.273. The van der Waals surface area contributed by atoms with Gasteiger partial charge in [0, 0.05) is 11.3 Å². The lowest BCUT2D eigenvalue weighted by Crippen LogP contribution is -2.35. The Kier molecular flexibility index (Phi) is 5.77. The van der Waals surface area contributed by atoms with E-state index in [4.69, 9.17) is 4.74 Å². The first-order valence-corrected chi connectivity index (χ1v) is 9.29. The number of benzene rings is 2. The fourth-order valence-corrected chi connectivity index (χ4v) is 3.25. The highest BCUT2D eigenvalue weighted by atomic mass is 16.5. The Labute approximate surface area is 169 Å². The molecule has 1 unspecified atom stereocenters. The van der Waals surface area contributed by atoms with Crippen molar-refractivity contribution >= 4 is 11.6 Å². The normalized spacial score (nSPS) is 11.8. The van der Waals surface area contributed by atoms with E-state index >= 15 is 0 Å². The van der Waals surface area contributed by atoms with E-state index in [0.29, 0.717) is 17.0 Å². The van der Waals surface area contributed by atoms with Gasteiger partial charge in [-0.15, -0.1) is 0 Å². The second-order valence-electron chi connectivity index (χ2n) is 7.04. The van der Waals surface area contributed by atoms with Crippen LogP contribution >= 0.6 is 0 Å². The number of nitrogens with one attached hydrogen (secondary N) is 1. The Balaban J connectivity index is 1.85. The summed E-state index contributed by atoms with van der Waals surface area (Å²) in [5, 5.41) is 7.08. The minimum atomic E-state index is -0.811. The van der Waals surface area contributed by atoms with Gasteiger partial charge in [0.15, 0.2) is 0 Å². The molecule has 1 aromatic heterocycles. The highest BCUT2D eigenvalue weighted by Crippen LogP contribution is 2.23. The van der Waals surface area contributed by atoms with Crippen LogP contribution in [0, 0.1) is 20.8 Å². The number of anilines is 1. The van der Waals surface area contributed by atoms with Crippen LogP contribution in [0.5, 0.6) is 5.75 Å². The van der Waals surface area contributed by atoms with Gasteiger partial charge in [0.25, 0.3) is 0 Å². The van der Waals surface area contributed by atoms with Crippen molar-refractivity contribution in [2.45, 2.75) is 33.7 Å². The molecule has 7 heteroatoms. The molecule has 150 valence electrons. The minimum Gasteiger partial charge on any atom is -0.497 e. The van der Waals surface area contributed by atoms with Crippen LogP contribution in [-0.2, 0) is 4.79 Å². The van der Waals surface area contributed by atoms with Crippen LogP contribution in [0.3, 0.4) is 0 Å². The van der Waals surface area contributed by atoms with E-state index in [-0.39, 0.29) is 5.91 Å². The maximum absolute atomic E-state index is 12.7. The van der Waals surface area contributed by atoms with E-state index in [1.54, 1.807) is 26.2 Å². The standard InChI is InChI=1S/C22H24N4O3/c1-13-9-14(2)20(15(3)10-13)25-21(27)16(4)26-22(28)24-19(12-23-26)17-7-6-8-18(11-17)29-5/h6-12,16H,1-5H3,(H,25,27). The number of methoxy groups -OCH3 is 1. The molecular formula is C22H24N4O3. The van der Waals surface area contributed by atoms with Crippen LogP contribution in [0.15, 0.2) is 47.4 Å². The van der Waals surface area contributed by atoms with Crippen LogP contribution in [0.25, 0.3) is 11.3 Å². The number of carbonyl (C=O) groups excluding carboxylic acids is 1. The van der Waals surface area contributed by atoms with Gasteiger partial charge in [-0.05, 0) is 51.0 Å². The number of carbonyl (C=O) groups is 1. The number of hydrogen-bond acceptors (Lipinski definition) is 5. The van der Waals surface area contributed by atoms with Crippen molar-refractivity contribution in [3.63, 3.8) is 0 Å². The van der Waals surface area contributed by atoms with Gasteiger partial charge >= 0.3 is 5.69 Å². The van der Waals surface area contributed by atoms with Crippen molar-refractivity contribution in [1.82, 2.24) is 14.8 Å². The van der Waals surface area contributed by atoms with E-state index in [1.165, 1.54) is 6.20 Å². The quantitative estimate of drug-likeness (QED) is 0.719. The Hall–Kier alpha value is -3.48. The summed E-state index contributed by atoms with van der Waals surface area (Å²) in [7, 11) is 1.57. The summed E-state index contributed by atoms with van der Waals surface area (Å²) in [6.07, 6.45) is 1.47. The number of aryl methyl sites for hydroxylation is 3. The number of nitrogens with zero attached hydrogens (tertiary/aromatic N) is 3. The fourth-order valence-electron chi connectivity index (χ4n) is 3.25. The first-order valence-electron chi connectivity index (χ1n) is 9.29. The lowest BCUT2D eigenvalue weighted by molar-refractivity contribution is -0.119. The Morgan fingerprint density at radius 2 is 1.83 bits per heavy atom. The molecule has 1 atom stereocenters. The first kappa shape index (κ1) is 20.3. The molecule has 1 heterocycles. The summed E-state index contributed by atoms with van der Waals surface area (Å²) >= 11 is 0. The zero-order chi connectivity index (χ0) is 21.1. The van der Waals surface area contributed by atoms with E-state index in [0.717, 1.165) is 27.1 Å². The maximum atomic E-state index is 12.7. The maximum Gasteiger partial charge on any atom is 0.365 e. The molecule has 3 aromatic rings. The van der Waals surface area contributed by atoms with Gasteiger partial charge in [0.2, 0.25) is 5.91 Å². The van der Waals surface area contributed by atoms with Gasteiger partial charge in [-0.2, -0.15) is 10.1 Å². The number of amides is 1. The van der Waals surface area contributed by atoms with Crippen LogP contribution in [-0.4, -0.2) is 27.8 Å². The third kappa shape index (κ3) is 4.34. The van der Waals surface area contributed by atoms with Crippen molar-refractivity contribution in [2.75, 3.05) is 12.4 Å². The monoisotopic (exact) mass is 392 g/mol. The second-order valence-corrected chi connectivity index (χ2v) is 7.04. The van der Waals surface area contributed by atoms with E-state index < -0.39 is 11.7 Å². The average molecular weight is 392 g/mol. The van der Waals surface area contributed by atoms with Crippen molar-refractivity contribution in [3.05, 3.63) is 69.8 Å². The predicted molar refractivity (Wildman–Crippen MR) is 112 cm³/mol. The van der Waals surface area contributed by atoms with Gasteiger partial charge in [0.05, 0.1) is 19.0 Å². The summed E-state index contributed by atoms with van der Waals surface area (Å²) in [6.45, 7) is 7.51. The van der Waals surface area contributed by atoms with Crippen LogP contribution < -0.4 is 15.7 Å². The molecule has 0 bridgehead atoms. The molecule has 0 radical (unpaired) electrons. The molecule has 1 amide bonds. The highest BCUT2D eigenvalue weighted by Gasteiger charge is 2.20. The Bertz CT molecular complexity index is 1100. The molecule has 0 aliphatic carbocycles. The summed E-state index contributed by atoms with van der Waals surface area (Å²) in [5.74, 6) is 0.329. The summed E-state index contributed by atoms with van der Waals surface area (Å²) in [5.41, 5.74) is 4.35. The van der Waals surface area contributed by atoms with Crippen molar-refractivity contribution in [3.8, 4) is 17.0 Å². The molecule has 7 nitrogen and oxygen atoms in total. The number of ether oxygens (including phenoxy) is 1. The second kappa shape index (κ2) is 8.26. The topological polar surface area (TPSA) is 86.1 Å². The highest BCUT2D eigenvalue weighted by molar-refractivity contribution is 5.94. The molecule has 0 spiro atoms. The third-order valence-corrected chi connectivity index (χ3v) is 4.75. The average Bonchev–Trinajstić information content (AvgIpc) is 2.70. The molecule has 2 aromatic carbocycles. The lowest BCUT2D eigenvalue weighted by atomic mass is 10.0. The molecule has 0 saturated carbocycles. The van der Waals surface area contributed by atoms with Gasteiger partial charge in [-0.25, -0.2) is 9.48 Å². The summed E-state index contributed by atoms with van der Waals surface area (Å²) < 4.78 is 6.28. The first-order chi connectivity index (χ1) is 13.8. The van der Waals surface area contributed by atoms with Gasteiger partial charge in [-0.1, -0.05) is 29.8 Å². The molecular weight excluding hydrogens is 368 g/mol. The van der Waals surface area contributed by atoms with Crippen molar-refractivity contribution in [2.24, 2.45) is 0 Å². The van der Waals surface area contributed by atoms with Crippen LogP contribution in [0.1, 0.15) is 29.7 Å². The molecule has 0 saturated heterocycles. The van der Waals surface area contributed by atoms with E-state index in [2.05, 4.69) is 15.4 Å². The lowest BCUT2D eigenvalue weighted by Gasteiger charge is -2.17. The summed E-state index contributed by atoms with van der Waals surface area (Å²) in [6, 6.07) is 10.4. The van der Waals surface area contributed by atoms with Gasteiger partial charge < -0.3 is 10.1 Å². The van der Waals surface area contributed by atoms with E-state index in [1.807, 2.05) is 45.0 Å². The molecule has 0 aliphatic rings. The smallest absolute Gasteiger partial charge is 0.365 e. The van der Waals surface area contributed by atoms with Crippen molar-refractivity contribution in [1.29, 1.82) is 0 Å². The zero-order valence-electron chi connectivity index (χ0n) is 17.2. The van der Waals surface area contributed by atoms with Crippen molar-refractivity contribution < 1.29 is 9.53 Å². The Morgan fingerprint density at radius 3 is 2.45 bits per heavy atom. The Morgan fingerprint density at radius 1 is 1.14 bits per heavy atom. The van der Waals surface area contributed by atoms with Crippen LogP contribution in [0.4, 0.5) is 5.69 Å². The molecule has 1 N–H and O–H groups in total. The molecule has 0 fully saturated rings. The minimum absolute atomic E-state index is 0.328. The molecule has 0 aliphatic heterocycles.